The van der Waals surface area contributed by atoms with E-state index in [-0.39, 0.29) is 4.90 Å². The van der Waals surface area contributed by atoms with Gasteiger partial charge in [0, 0.05) is 11.6 Å². The largest absolute Gasteiger partial charge is 0.255 e. The van der Waals surface area contributed by atoms with E-state index in [0.717, 1.165) is 10.9 Å². The fourth-order valence-corrected chi connectivity index (χ4v) is 2.47. The third-order valence-electron chi connectivity index (χ3n) is 2.37. The van der Waals surface area contributed by atoms with Gasteiger partial charge < -0.3 is 0 Å². The third-order valence-corrected chi connectivity index (χ3v) is 3.81. The normalized spacial score (nSPS) is 11.9. The number of nitrogens with one attached hydrogen (secondary N) is 1. The van der Waals surface area contributed by atoms with Crippen LogP contribution in [0.2, 0.25) is 0 Å². The molecule has 5 heteroatoms. The van der Waals surface area contributed by atoms with Gasteiger partial charge in [-0.25, -0.2) is 13.1 Å². The minimum Gasteiger partial charge on any atom is -0.255 e. The van der Waals surface area contributed by atoms with Crippen LogP contribution >= 0.6 is 0 Å². The predicted octanol–water partition coefficient (Wildman–Crippen LogP) is 1.45. The summed E-state index contributed by atoms with van der Waals surface area (Å²) in [5, 5.41) is 0.830. The molecule has 2 rings (SSSR count). The van der Waals surface area contributed by atoms with Crippen LogP contribution in [-0.2, 0) is 10.0 Å². The summed E-state index contributed by atoms with van der Waals surface area (Å²) in [5.41, 5.74) is 1.51. The van der Waals surface area contributed by atoms with E-state index in [1.807, 2.05) is 19.1 Å². The predicted molar refractivity (Wildman–Crippen MR) is 62.7 cm³/mol. The number of hydrogen-bond donors (Lipinski definition) is 1. The van der Waals surface area contributed by atoms with Gasteiger partial charge in [0.15, 0.2) is 0 Å². The Morgan fingerprint density at radius 2 is 2.06 bits per heavy atom. The summed E-state index contributed by atoms with van der Waals surface area (Å²) in [6.45, 7) is 1.92. The second-order valence-electron chi connectivity index (χ2n) is 3.55. The Kier molecular flexibility index (Phi) is 2.65. The molecule has 1 aromatic carbocycles. The molecule has 0 radical (unpaired) electrons. The summed E-state index contributed by atoms with van der Waals surface area (Å²) in [4.78, 5) is 4.39. The van der Waals surface area contributed by atoms with Gasteiger partial charge in [-0.15, -0.1) is 0 Å². The maximum atomic E-state index is 11.7. The Hall–Kier alpha value is -1.46. The maximum absolute atomic E-state index is 11.7. The van der Waals surface area contributed by atoms with Crippen molar-refractivity contribution in [2.75, 3.05) is 7.05 Å². The SMILES string of the molecule is CNS(=O)(=O)c1cccc2cc(C)cnc12. The van der Waals surface area contributed by atoms with Gasteiger partial charge in [0.05, 0.1) is 5.52 Å². The lowest BCUT2D eigenvalue weighted by Crippen LogP contribution is -2.19. The molecule has 2 aromatic rings. The molecule has 0 atom stereocenters. The highest BCUT2D eigenvalue weighted by Gasteiger charge is 2.15. The smallest absolute Gasteiger partial charge is 0.242 e. The standard InChI is InChI=1S/C11H12N2O2S/c1-8-6-9-4-3-5-10(11(9)13-7-8)16(14,15)12-2/h3-7,12H,1-2H3. The molecule has 0 aliphatic rings. The van der Waals surface area contributed by atoms with Crippen LogP contribution in [0, 0.1) is 6.92 Å². The van der Waals surface area contributed by atoms with Gasteiger partial charge in [-0.1, -0.05) is 12.1 Å². The first kappa shape index (κ1) is 11.0. The second kappa shape index (κ2) is 3.84. The van der Waals surface area contributed by atoms with E-state index in [0.29, 0.717) is 5.52 Å². The Bertz CT molecular complexity index is 635. The first-order chi connectivity index (χ1) is 7.54. The van der Waals surface area contributed by atoms with E-state index in [1.54, 1.807) is 18.3 Å². The minimum atomic E-state index is -3.45. The van der Waals surface area contributed by atoms with Crippen molar-refractivity contribution in [1.82, 2.24) is 9.71 Å². The first-order valence-corrected chi connectivity index (χ1v) is 6.32. The lowest BCUT2D eigenvalue weighted by Gasteiger charge is -2.06. The molecule has 84 valence electrons. The maximum Gasteiger partial charge on any atom is 0.242 e. The van der Waals surface area contributed by atoms with Gasteiger partial charge in [0.25, 0.3) is 0 Å². The van der Waals surface area contributed by atoms with Crippen LogP contribution in [0.25, 0.3) is 10.9 Å². The molecule has 0 spiro atoms. The summed E-state index contributed by atoms with van der Waals surface area (Å²) in [6.07, 6.45) is 1.66. The molecule has 0 aliphatic heterocycles. The van der Waals surface area contributed by atoms with Gasteiger partial charge >= 0.3 is 0 Å². The summed E-state index contributed by atoms with van der Waals surface area (Å²) in [5.74, 6) is 0. The molecule has 4 nitrogen and oxygen atoms in total. The van der Waals surface area contributed by atoms with Crippen LogP contribution in [-0.4, -0.2) is 20.4 Å². The lowest BCUT2D eigenvalue weighted by atomic mass is 10.2. The highest BCUT2D eigenvalue weighted by Crippen LogP contribution is 2.21. The lowest BCUT2D eigenvalue weighted by molar-refractivity contribution is 0.589. The Labute approximate surface area is 94.4 Å². The average molecular weight is 236 g/mol. The van der Waals surface area contributed by atoms with E-state index in [2.05, 4.69) is 9.71 Å². The number of hydrogen-bond acceptors (Lipinski definition) is 3. The van der Waals surface area contributed by atoms with Crippen molar-refractivity contribution in [1.29, 1.82) is 0 Å². The van der Waals surface area contributed by atoms with Crippen molar-refractivity contribution in [3.63, 3.8) is 0 Å². The first-order valence-electron chi connectivity index (χ1n) is 4.83. The number of benzene rings is 1. The molecular weight excluding hydrogens is 224 g/mol. The fraction of sp³-hybridized carbons (Fsp3) is 0.182. The zero-order chi connectivity index (χ0) is 11.8. The van der Waals surface area contributed by atoms with E-state index in [4.69, 9.17) is 0 Å². The molecule has 1 heterocycles. The number of aryl methyl sites for hydroxylation is 1. The van der Waals surface area contributed by atoms with Crippen molar-refractivity contribution in [2.24, 2.45) is 0 Å². The van der Waals surface area contributed by atoms with Crippen LogP contribution in [0.4, 0.5) is 0 Å². The molecule has 1 aromatic heterocycles. The van der Waals surface area contributed by atoms with Crippen molar-refractivity contribution >= 4 is 20.9 Å². The molecular formula is C11H12N2O2S. The van der Waals surface area contributed by atoms with Crippen LogP contribution < -0.4 is 4.72 Å². The Morgan fingerprint density at radius 1 is 1.31 bits per heavy atom. The van der Waals surface area contributed by atoms with E-state index in [1.165, 1.54) is 7.05 Å². The number of rotatable bonds is 2. The highest BCUT2D eigenvalue weighted by molar-refractivity contribution is 7.89. The number of fused-ring (bicyclic) bond motifs is 1. The van der Waals surface area contributed by atoms with Crippen molar-refractivity contribution < 1.29 is 8.42 Å². The fourth-order valence-electron chi connectivity index (χ4n) is 1.57. The summed E-state index contributed by atoms with van der Waals surface area (Å²) < 4.78 is 25.8. The molecule has 0 saturated carbocycles. The quantitative estimate of drug-likeness (QED) is 0.858. The minimum absolute atomic E-state index is 0.215. The molecule has 0 aliphatic carbocycles. The monoisotopic (exact) mass is 236 g/mol. The molecule has 0 unspecified atom stereocenters. The van der Waals surface area contributed by atoms with Crippen molar-refractivity contribution in [2.45, 2.75) is 11.8 Å². The Balaban J connectivity index is 2.82. The van der Waals surface area contributed by atoms with E-state index >= 15 is 0 Å². The summed E-state index contributed by atoms with van der Waals surface area (Å²) >= 11 is 0. The topological polar surface area (TPSA) is 59.1 Å². The molecule has 0 bridgehead atoms. The van der Waals surface area contributed by atoms with Crippen molar-refractivity contribution in [3.8, 4) is 0 Å². The third kappa shape index (κ3) is 1.79. The van der Waals surface area contributed by atoms with Crippen LogP contribution in [0.1, 0.15) is 5.56 Å². The van der Waals surface area contributed by atoms with Gasteiger partial charge in [0.2, 0.25) is 10.0 Å². The molecule has 0 saturated heterocycles. The number of aromatic nitrogens is 1. The number of pyridine rings is 1. The zero-order valence-electron chi connectivity index (χ0n) is 9.06. The second-order valence-corrected chi connectivity index (χ2v) is 5.40. The molecule has 1 N–H and O–H groups in total. The highest BCUT2D eigenvalue weighted by atomic mass is 32.2. The summed E-state index contributed by atoms with van der Waals surface area (Å²) in [7, 11) is -2.06. The van der Waals surface area contributed by atoms with Gasteiger partial charge in [-0.3, -0.25) is 4.98 Å². The number of para-hydroxylation sites is 1. The van der Waals surface area contributed by atoms with Crippen LogP contribution in [0.3, 0.4) is 0 Å². The van der Waals surface area contributed by atoms with Crippen molar-refractivity contribution in [3.05, 3.63) is 36.0 Å². The molecule has 16 heavy (non-hydrogen) atoms. The molecule has 0 fully saturated rings. The zero-order valence-corrected chi connectivity index (χ0v) is 9.88. The van der Waals surface area contributed by atoms with Gasteiger partial charge in [0.1, 0.15) is 4.90 Å². The number of nitrogens with zero attached hydrogens (tertiary/aromatic N) is 1. The van der Waals surface area contributed by atoms with Gasteiger partial charge in [-0.05, 0) is 31.7 Å². The summed E-state index contributed by atoms with van der Waals surface area (Å²) in [6, 6.07) is 7.03. The average Bonchev–Trinajstić information content (AvgIpc) is 2.27. The van der Waals surface area contributed by atoms with E-state index < -0.39 is 10.0 Å². The van der Waals surface area contributed by atoms with Crippen LogP contribution in [0.15, 0.2) is 35.4 Å². The van der Waals surface area contributed by atoms with Gasteiger partial charge in [-0.2, -0.15) is 0 Å². The number of sulfonamides is 1. The van der Waals surface area contributed by atoms with E-state index in [9.17, 15) is 8.42 Å². The molecule has 0 amide bonds. The van der Waals surface area contributed by atoms with Crippen LogP contribution in [0.5, 0.6) is 0 Å². The Morgan fingerprint density at radius 3 is 2.75 bits per heavy atom.